The molecule has 104 valence electrons. The van der Waals surface area contributed by atoms with Gasteiger partial charge in [0, 0.05) is 44.9 Å². The van der Waals surface area contributed by atoms with E-state index in [1.165, 1.54) is 4.90 Å². The van der Waals surface area contributed by atoms with E-state index >= 15 is 0 Å². The van der Waals surface area contributed by atoms with Crippen LogP contribution >= 0.6 is 23.4 Å². The Morgan fingerprint density at radius 2 is 2.05 bits per heavy atom. The van der Waals surface area contributed by atoms with Crippen LogP contribution in [0.15, 0.2) is 53.8 Å². The molecule has 0 aliphatic carbocycles. The fourth-order valence-corrected chi connectivity index (χ4v) is 3.81. The van der Waals surface area contributed by atoms with Gasteiger partial charge in [0.15, 0.2) is 0 Å². The second-order valence-corrected chi connectivity index (χ2v) is 6.78. The van der Waals surface area contributed by atoms with E-state index in [1.54, 1.807) is 0 Å². The molecule has 3 heterocycles. The summed E-state index contributed by atoms with van der Waals surface area (Å²) in [5, 5.41) is 1.07. The third kappa shape index (κ3) is 2.15. The van der Waals surface area contributed by atoms with E-state index in [1.807, 2.05) is 59.2 Å². The van der Waals surface area contributed by atoms with Crippen molar-refractivity contribution in [1.82, 2.24) is 14.5 Å². The molecule has 0 saturated carbocycles. The Balaban J connectivity index is 1.95. The molecule has 0 bridgehead atoms. The van der Waals surface area contributed by atoms with Gasteiger partial charge in [0.05, 0.1) is 5.69 Å². The normalized spacial score (nSPS) is 16.4. The minimum absolute atomic E-state index is 0.340. The molecule has 3 aromatic rings. The Hall–Kier alpha value is -1.78. The largest absolute Gasteiger partial charge is 0.293 e. The molecule has 0 saturated heterocycles. The highest BCUT2D eigenvalue weighted by Gasteiger charge is 2.25. The van der Waals surface area contributed by atoms with Gasteiger partial charge >= 0.3 is 0 Å². The maximum atomic E-state index is 6.16. The first-order valence-corrected chi connectivity index (χ1v) is 7.95. The summed E-state index contributed by atoms with van der Waals surface area (Å²) in [4.78, 5) is 10.5. The third-order valence-corrected chi connectivity index (χ3v) is 5.03. The number of hydrogen-bond donors (Lipinski definition) is 0. The van der Waals surface area contributed by atoms with E-state index in [9.17, 15) is 0 Å². The Bertz CT molecular complexity index is 814. The molecule has 0 amide bonds. The molecule has 3 nitrogen and oxygen atoms in total. The van der Waals surface area contributed by atoms with Gasteiger partial charge in [-0.1, -0.05) is 11.6 Å². The zero-order valence-corrected chi connectivity index (χ0v) is 12.9. The first kappa shape index (κ1) is 12.9. The quantitative estimate of drug-likeness (QED) is 0.649. The summed E-state index contributed by atoms with van der Waals surface area (Å²) >= 11 is 7.98. The van der Waals surface area contributed by atoms with E-state index in [2.05, 4.69) is 18.0 Å². The van der Waals surface area contributed by atoms with Crippen molar-refractivity contribution in [2.24, 2.45) is 0 Å². The van der Waals surface area contributed by atoms with Gasteiger partial charge in [0.2, 0.25) is 5.95 Å². The molecule has 1 aliphatic rings. The van der Waals surface area contributed by atoms with Crippen LogP contribution in [0, 0.1) is 0 Å². The van der Waals surface area contributed by atoms with E-state index in [4.69, 9.17) is 16.6 Å². The average molecular weight is 314 g/mol. The fraction of sp³-hybridized carbons (Fsp3) is 0.125. The number of benzene rings is 1. The van der Waals surface area contributed by atoms with Crippen LogP contribution in [-0.2, 0) is 0 Å². The summed E-state index contributed by atoms with van der Waals surface area (Å²) in [6, 6.07) is 9.91. The molecule has 4 rings (SSSR count). The van der Waals surface area contributed by atoms with Crippen molar-refractivity contribution >= 4 is 23.4 Å². The highest BCUT2D eigenvalue weighted by molar-refractivity contribution is 7.99. The molecule has 1 atom stereocenters. The lowest BCUT2D eigenvalue weighted by molar-refractivity contribution is 0.910. The molecule has 21 heavy (non-hydrogen) atoms. The topological polar surface area (TPSA) is 30.7 Å². The van der Waals surface area contributed by atoms with Crippen molar-refractivity contribution in [1.29, 1.82) is 0 Å². The maximum absolute atomic E-state index is 6.16. The van der Waals surface area contributed by atoms with Crippen molar-refractivity contribution in [3.8, 4) is 17.2 Å². The van der Waals surface area contributed by atoms with Gasteiger partial charge in [-0.05, 0) is 37.3 Å². The van der Waals surface area contributed by atoms with E-state index < -0.39 is 0 Å². The third-order valence-electron chi connectivity index (χ3n) is 3.58. The summed E-state index contributed by atoms with van der Waals surface area (Å²) in [6.07, 6.45) is 5.82. The zero-order valence-electron chi connectivity index (χ0n) is 11.3. The number of halogens is 1. The summed E-state index contributed by atoms with van der Waals surface area (Å²) in [6.45, 7) is 2.18. The SMILES string of the molecule is C[C@@H]1Sc2ccc(Cl)cc2-c2nc(-n3cccc3)ncc21. The minimum Gasteiger partial charge on any atom is -0.293 e. The molecular formula is C16H12ClN3S. The molecule has 5 heteroatoms. The molecule has 0 spiro atoms. The number of rotatable bonds is 1. The smallest absolute Gasteiger partial charge is 0.234 e. The van der Waals surface area contributed by atoms with Crippen molar-refractivity contribution in [2.75, 3.05) is 0 Å². The second-order valence-electron chi connectivity index (χ2n) is 4.96. The molecule has 1 aromatic carbocycles. The van der Waals surface area contributed by atoms with E-state index in [0.29, 0.717) is 11.2 Å². The van der Waals surface area contributed by atoms with Gasteiger partial charge in [0.25, 0.3) is 0 Å². The second kappa shape index (κ2) is 4.90. The molecule has 1 aliphatic heterocycles. The first-order chi connectivity index (χ1) is 10.2. The number of nitrogens with zero attached hydrogens (tertiary/aromatic N) is 3. The fourth-order valence-electron chi connectivity index (χ4n) is 2.53. The van der Waals surface area contributed by atoms with Gasteiger partial charge in [-0.3, -0.25) is 4.57 Å². The number of aromatic nitrogens is 3. The number of fused-ring (bicyclic) bond motifs is 3. The van der Waals surface area contributed by atoms with Crippen LogP contribution in [0.25, 0.3) is 17.2 Å². The summed E-state index contributed by atoms with van der Waals surface area (Å²) in [5.41, 5.74) is 3.24. The number of hydrogen-bond acceptors (Lipinski definition) is 3. The number of thioether (sulfide) groups is 1. The van der Waals surface area contributed by atoms with Crippen LogP contribution in [-0.4, -0.2) is 14.5 Å². The predicted molar refractivity (Wildman–Crippen MR) is 86.1 cm³/mol. The zero-order chi connectivity index (χ0) is 14.4. The predicted octanol–water partition coefficient (Wildman–Crippen LogP) is 4.75. The molecule has 0 fully saturated rings. The van der Waals surface area contributed by atoms with Gasteiger partial charge in [-0.15, -0.1) is 11.8 Å². The Kier molecular flexibility index (Phi) is 3.01. The van der Waals surface area contributed by atoms with Gasteiger partial charge in [-0.25, -0.2) is 9.97 Å². The van der Waals surface area contributed by atoms with Gasteiger partial charge < -0.3 is 0 Å². The van der Waals surface area contributed by atoms with Crippen molar-refractivity contribution in [3.05, 3.63) is 59.5 Å². The lowest BCUT2D eigenvalue weighted by Crippen LogP contribution is -2.07. The van der Waals surface area contributed by atoms with Gasteiger partial charge in [-0.2, -0.15) is 0 Å². The van der Waals surface area contributed by atoms with Crippen molar-refractivity contribution in [2.45, 2.75) is 17.1 Å². The van der Waals surface area contributed by atoms with Crippen LogP contribution < -0.4 is 0 Å². The maximum Gasteiger partial charge on any atom is 0.234 e. The van der Waals surface area contributed by atoms with E-state index in [-0.39, 0.29) is 0 Å². The lowest BCUT2D eigenvalue weighted by Gasteiger charge is -2.24. The molecular weight excluding hydrogens is 302 g/mol. The van der Waals surface area contributed by atoms with E-state index in [0.717, 1.165) is 21.8 Å². The summed E-state index contributed by atoms with van der Waals surface area (Å²) in [7, 11) is 0. The van der Waals surface area contributed by atoms with Crippen LogP contribution in [0.5, 0.6) is 0 Å². The van der Waals surface area contributed by atoms with Crippen LogP contribution in [0.3, 0.4) is 0 Å². The Morgan fingerprint density at radius 1 is 1.24 bits per heavy atom. The Morgan fingerprint density at radius 3 is 2.86 bits per heavy atom. The first-order valence-electron chi connectivity index (χ1n) is 6.69. The van der Waals surface area contributed by atoms with Crippen LogP contribution in [0.1, 0.15) is 17.7 Å². The monoisotopic (exact) mass is 313 g/mol. The molecule has 0 N–H and O–H groups in total. The molecule has 0 unspecified atom stereocenters. The lowest BCUT2D eigenvalue weighted by atomic mass is 10.0. The highest BCUT2D eigenvalue weighted by Crippen LogP contribution is 2.48. The molecule has 0 radical (unpaired) electrons. The summed E-state index contributed by atoms with van der Waals surface area (Å²) in [5.74, 6) is 0.684. The standard InChI is InChI=1S/C16H12ClN3S/c1-10-13-9-18-16(20-6-2-3-7-20)19-15(13)12-8-11(17)4-5-14(12)21-10/h2-10H,1H3/t10-/m0/s1. The van der Waals surface area contributed by atoms with Gasteiger partial charge in [0.1, 0.15) is 0 Å². The Labute approximate surface area is 132 Å². The summed E-state index contributed by atoms with van der Waals surface area (Å²) < 4.78 is 1.91. The van der Waals surface area contributed by atoms with Crippen molar-refractivity contribution in [3.63, 3.8) is 0 Å². The average Bonchev–Trinajstić information content (AvgIpc) is 3.02. The minimum atomic E-state index is 0.340. The highest BCUT2D eigenvalue weighted by atomic mass is 35.5. The van der Waals surface area contributed by atoms with Crippen LogP contribution in [0.2, 0.25) is 5.02 Å². The van der Waals surface area contributed by atoms with Crippen molar-refractivity contribution < 1.29 is 0 Å². The van der Waals surface area contributed by atoms with Crippen LogP contribution in [0.4, 0.5) is 0 Å². The molecule has 2 aromatic heterocycles.